The molecule has 5 nitrogen and oxygen atoms in total. The molecule has 0 aliphatic carbocycles. The Morgan fingerprint density at radius 3 is 0.923 bits per heavy atom. The number of hydrogen-bond acceptors (Lipinski definition) is 5. The van der Waals surface area contributed by atoms with Crippen LogP contribution in [0.15, 0.2) is 0 Å². The van der Waals surface area contributed by atoms with Gasteiger partial charge in [0.2, 0.25) is 0 Å². The van der Waals surface area contributed by atoms with Crippen LogP contribution in [0, 0.1) is 0 Å². The molecule has 13 heavy (non-hydrogen) atoms. The topological polar surface area (TPSA) is 103 Å². The summed E-state index contributed by atoms with van der Waals surface area (Å²) in [6.07, 6.45) is 0. The van der Waals surface area contributed by atoms with Gasteiger partial charge in [-0.2, -0.15) is 0 Å². The van der Waals surface area contributed by atoms with Crippen LogP contribution in [0.5, 0.6) is 0 Å². The van der Waals surface area contributed by atoms with Crippen molar-refractivity contribution in [3.8, 4) is 0 Å². The van der Waals surface area contributed by atoms with Crippen LogP contribution in [0.2, 0.25) is 0 Å². The summed E-state index contributed by atoms with van der Waals surface area (Å²) < 4.78 is 0. The summed E-state index contributed by atoms with van der Waals surface area (Å²) in [6.45, 7) is 0. The zero-order valence-electron chi connectivity index (χ0n) is 7.37. The second-order valence-electron chi connectivity index (χ2n) is 0.836. The molecule has 0 aromatic heterocycles. The van der Waals surface area contributed by atoms with Crippen LogP contribution < -0.4 is 71.7 Å². The average molecular weight is 207 g/mol. The standard InChI is InChI=1S/C2Cl2O2.BO3.3Li/c3-1(5)2(4)6;2-1(3)4;;;/q;-3;3*+1. The number of hydrogen-bond donors (Lipinski definition) is 0. The molecule has 0 aliphatic heterocycles. The van der Waals surface area contributed by atoms with E-state index in [2.05, 4.69) is 23.2 Å². The van der Waals surface area contributed by atoms with Crippen molar-refractivity contribution in [2.75, 3.05) is 0 Å². The Kier molecular flexibility index (Phi) is 43.4. The SMILES string of the molecule is O=C(Cl)C(=O)Cl.[Li+].[Li+].[Li+].[O-]B([O-])[O-]. The van der Waals surface area contributed by atoms with E-state index in [0.717, 1.165) is 0 Å². The Balaban J connectivity index is -0.0000000279. The Bertz CT molecular complexity index is 120. The summed E-state index contributed by atoms with van der Waals surface area (Å²) in [6, 6.07) is 0. The Hall–Kier alpha value is 1.66. The largest absolute Gasteiger partial charge is 1.00 e. The summed E-state index contributed by atoms with van der Waals surface area (Å²) >= 11 is 8.98. The molecule has 0 aromatic rings. The molecule has 0 atom stereocenters. The van der Waals surface area contributed by atoms with Gasteiger partial charge in [-0.3, -0.25) is 16.9 Å². The van der Waals surface area contributed by atoms with E-state index in [1.807, 2.05) is 0 Å². The molecular weight excluding hydrogens is 207 g/mol. The van der Waals surface area contributed by atoms with Crippen molar-refractivity contribution in [1.29, 1.82) is 0 Å². The first-order chi connectivity index (χ1) is 4.37. The van der Waals surface area contributed by atoms with Crippen LogP contribution in [0.3, 0.4) is 0 Å². The number of halogens is 2. The van der Waals surface area contributed by atoms with Crippen molar-refractivity contribution >= 4 is 41.0 Å². The third-order valence-corrected chi connectivity index (χ3v) is 0.595. The summed E-state index contributed by atoms with van der Waals surface area (Å²) in [4.78, 5) is 18.9. The fraction of sp³-hybridized carbons (Fsp3) is 0. The number of rotatable bonds is 1. The molecule has 0 aromatic carbocycles. The smallest absolute Gasteiger partial charge is 0.907 e. The maximum Gasteiger partial charge on any atom is 1.00 e. The fourth-order valence-corrected chi connectivity index (χ4v) is 0. The average Bonchev–Trinajstić information content (AvgIpc) is 1.63. The van der Waals surface area contributed by atoms with Crippen molar-refractivity contribution in [2.45, 2.75) is 0 Å². The van der Waals surface area contributed by atoms with Gasteiger partial charge in [0, 0.05) is 0 Å². The first-order valence-electron chi connectivity index (χ1n) is 1.74. The van der Waals surface area contributed by atoms with Crippen LogP contribution in [-0.2, 0) is 9.59 Å². The predicted octanol–water partition coefficient (Wildman–Crippen LogP) is -12.4. The normalized spacial score (nSPS) is 5.62. The molecule has 0 radical (unpaired) electrons. The van der Waals surface area contributed by atoms with Crippen LogP contribution >= 0.6 is 23.2 Å². The molecule has 0 spiro atoms. The minimum Gasteiger partial charge on any atom is -0.907 e. The third-order valence-electron chi connectivity index (χ3n) is 0.155. The first-order valence-corrected chi connectivity index (χ1v) is 2.50. The predicted molar refractivity (Wildman–Crippen MR) is 27.5 cm³/mol. The molecule has 0 fully saturated rings. The maximum atomic E-state index is 9.43. The van der Waals surface area contributed by atoms with Gasteiger partial charge in [-0.05, 0) is 23.2 Å². The molecule has 58 valence electrons. The zero-order chi connectivity index (χ0) is 8.73. The molecule has 0 unspecified atom stereocenters. The Labute approximate surface area is 121 Å². The van der Waals surface area contributed by atoms with Gasteiger partial charge in [0.25, 0.3) is 0 Å². The molecule has 0 saturated carbocycles. The minimum absolute atomic E-state index is 0. The molecule has 0 aliphatic rings. The summed E-state index contributed by atoms with van der Waals surface area (Å²) in [5, 5.41) is 23.0. The van der Waals surface area contributed by atoms with E-state index in [1.54, 1.807) is 0 Å². The molecule has 0 rings (SSSR count). The molecule has 11 heteroatoms. The number of carbonyl (C=O) groups is 2. The van der Waals surface area contributed by atoms with Gasteiger partial charge in [0.15, 0.2) is 0 Å². The molecule has 0 saturated heterocycles. The van der Waals surface area contributed by atoms with E-state index in [-0.39, 0.29) is 56.6 Å². The molecule has 0 N–H and O–H groups in total. The molecule has 0 heterocycles. The second kappa shape index (κ2) is 19.3. The van der Waals surface area contributed by atoms with Crippen LogP contribution in [0.25, 0.3) is 0 Å². The summed E-state index contributed by atoms with van der Waals surface area (Å²) in [5.41, 5.74) is 0. The van der Waals surface area contributed by atoms with E-state index in [1.165, 1.54) is 0 Å². The molecular formula is C2BCl2Li3O5. The van der Waals surface area contributed by atoms with Crippen molar-refractivity contribution in [1.82, 2.24) is 0 Å². The van der Waals surface area contributed by atoms with Crippen molar-refractivity contribution in [3.63, 3.8) is 0 Å². The van der Waals surface area contributed by atoms with Gasteiger partial charge >= 0.3 is 67.1 Å². The van der Waals surface area contributed by atoms with Gasteiger partial charge in [0.1, 0.15) is 0 Å². The van der Waals surface area contributed by atoms with Crippen LogP contribution in [0.4, 0.5) is 0 Å². The number of carbonyl (C=O) groups excluding carboxylic acids is 2. The van der Waals surface area contributed by atoms with E-state index >= 15 is 0 Å². The van der Waals surface area contributed by atoms with Gasteiger partial charge in [-0.1, -0.05) is 0 Å². The van der Waals surface area contributed by atoms with E-state index in [9.17, 15) is 9.59 Å². The summed E-state index contributed by atoms with van der Waals surface area (Å²) in [7, 11) is -2.92. The van der Waals surface area contributed by atoms with Gasteiger partial charge in [-0.15, -0.1) is 0 Å². The Morgan fingerprint density at radius 1 is 0.846 bits per heavy atom. The van der Waals surface area contributed by atoms with E-state index < -0.39 is 17.8 Å². The van der Waals surface area contributed by atoms with Crippen molar-refractivity contribution < 1.29 is 81.2 Å². The maximum absolute atomic E-state index is 9.43. The van der Waals surface area contributed by atoms with E-state index in [4.69, 9.17) is 15.1 Å². The quantitative estimate of drug-likeness (QED) is 0.241. The van der Waals surface area contributed by atoms with Gasteiger partial charge < -0.3 is 15.1 Å². The van der Waals surface area contributed by atoms with Crippen LogP contribution in [-0.4, -0.2) is 17.8 Å². The third kappa shape index (κ3) is 58.0. The van der Waals surface area contributed by atoms with E-state index in [0.29, 0.717) is 0 Å². The first kappa shape index (κ1) is 29.3. The van der Waals surface area contributed by atoms with Crippen molar-refractivity contribution in [2.24, 2.45) is 0 Å². The second-order valence-corrected chi connectivity index (χ2v) is 1.52. The molecule has 0 bridgehead atoms. The summed E-state index contributed by atoms with van der Waals surface area (Å²) in [5.74, 6) is 0. The monoisotopic (exact) mass is 206 g/mol. The van der Waals surface area contributed by atoms with Gasteiger partial charge in [-0.25, -0.2) is 0 Å². The zero-order valence-corrected chi connectivity index (χ0v) is 8.89. The van der Waals surface area contributed by atoms with Crippen molar-refractivity contribution in [3.05, 3.63) is 0 Å². The fourth-order valence-electron chi connectivity index (χ4n) is 0. The van der Waals surface area contributed by atoms with Gasteiger partial charge in [0.05, 0.1) is 0 Å². The van der Waals surface area contributed by atoms with Crippen LogP contribution in [0.1, 0.15) is 0 Å². The minimum atomic E-state index is -2.92. The molecule has 0 amide bonds. The Morgan fingerprint density at radius 2 is 0.923 bits per heavy atom.